The second-order valence-electron chi connectivity index (χ2n) is 6.77. The number of amides is 2. The minimum absolute atomic E-state index is 0.0104. The predicted octanol–water partition coefficient (Wildman–Crippen LogP) is 4.21. The molecule has 0 aromatic heterocycles. The highest BCUT2D eigenvalue weighted by atomic mass is 16.5. The molecule has 1 aliphatic carbocycles. The van der Waals surface area contributed by atoms with E-state index in [9.17, 15) is 4.79 Å². The average molecular weight is 338 g/mol. The molecule has 0 radical (unpaired) electrons. The maximum atomic E-state index is 12.2. The number of hydrogen-bond acceptors (Lipinski definition) is 2. The summed E-state index contributed by atoms with van der Waals surface area (Å²) < 4.78 is 5.78. The van der Waals surface area contributed by atoms with Crippen LogP contribution >= 0.6 is 0 Å². The summed E-state index contributed by atoms with van der Waals surface area (Å²) in [7, 11) is 1.87. The van der Waals surface area contributed by atoms with Gasteiger partial charge in [-0.25, -0.2) is 4.79 Å². The van der Waals surface area contributed by atoms with Gasteiger partial charge in [-0.05, 0) is 48.9 Å². The Kier molecular flexibility index (Phi) is 5.59. The highest BCUT2D eigenvalue weighted by molar-refractivity contribution is 5.74. The third-order valence-electron chi connectivity index (χ3n) is 4.85. The summed E-state index contributed by atoms with van der Waals surface area (Å²) in [5.41, 5.74) is 2.21. The number of ether oxygens (including phenoxy) is 1. The van der Waals surface area contributed by atoms with Crippen molar-refractivity contribution in [2.24, 2.45) is 5.92 Å². The zero-order chi connectivity index (χ0) is 17.6. The molecule has 1 unspecified atom stereocenters. The van der Waals surface area contributed by atoms with Gasteiger partial charge in [0.1, 0.15) is 12.4 Å². The number of urea groups is 1. The van der Waals surface area contributed by atoms with Crippen molar-refractivity contribution in [3.63, 3.8) is 0 Å². The van der Waals surface area contributed by atoms with E-state index in [-0.39, 0.29) is 6.03 Å². The topological polar surface area (TPSA) is 41.6 Å². The van der Waals surface area contributed by atoms with Crippen LogP contribution in [0.3, 0.4) is 0 Å². The summed E-state index contributed by atoms with van der Waals surface area (Å²) in [5.74, 6) is 1.51. The Morgan fingerprint density at radius 2 is 1.80 bits per heavy atom. The molecule has 2 amide bonds. The van der Waals surface area contributed by atoms with E-state index in [0.717, 1.165) is 16.9 Å². The van der Waals surface area contributed by atoms with Crippen LogP contribution in [0.1, 0.15) is 30.9 Å². The first-order chi connectivity index (χ1) is 12.1. The fraction of sp³-hybridized carbons (Fsp3) is 0.381. The lowest BCUT2D eigenvalue weighted by Crippen LogP contribution is -2.42. The molecule has 4 nitrogen and oxygen atoms in total. The number of hydrogen-bond donors (Lipinski definition) is 1. The largest absolute Gasteiger partial charge is 0.489 e. The Labute approximate surface area is 149 Å². The van der Waals surface area contributed by atoms with Crippen molar-refractivity contribution < 1.29 is 9.53 Å². The van der Waals surface area contributed by atoms with Crippen LogP contribution in [-0.2, 0) is 13.2 Å². The zero-order valence-corrected chi connectivity index (χ0v) is 14.9. The van der Waals surface area contributed by atoms with Crippen LogP contribution in [0, 0.1) is 5.92 Å². The van der Waals surface area contributed by atoms with Gasteiger partial charge in [0, 0.05) is 19.6 Å². The van der Waals surface area contributed by atoms with Crippen LogP contribution in [-0.4, -0.2) is 24.0 Å². The molecule has 1 N–H and O–H groups in total. The summed E-state index contributed by atoms with van der Waals surface area (Å²) in [6.07, 6.45) is 2.48. The molecule has 0 heterocycles. The van der Waals surface area contributed by atoms with Gasteiger partial charge in [0.2, 0.25) is 0 Å². The average Bonchev–Trinajstić information content (AvgIpc) is 3.50. The van der Waals surface area contributed by atoms with E-state index in [1.807, 2.05) is 66.5 Å². The standard InChI is InChI=1S/C21H26N2O2/c1-16(19-10-11-19)23(2)21(24)22-14-17-8-12-20(13-9-17)25-15-18-6-4-3-5-7-18/h3-9,12-13,16,19H,10-11,14-15H2,1-2H3,(H,22,24). The number of nitrogens with zero attached hydrogens (tertiary/aromatic N) is 1. The van der Waals surface area contributed by atoms with Crippen LogP contribution in [0.2, 0.25) is 0 Å². The molecule has 1 atom stereocenters. The minimum atomic E-state index is -0.0104. The van der Waals surface area contributed by atoms with Crippen LogP contribution in [0.5, 0.6) is 5.75 Å². The third kappa shape index (κ3) is 4.99. The molecule has 0 spiro atoms. The van der Waals surface area contributed by atoms with E-state index < -0.39 is 0 Å². The van der Waals surface area contributed by atoms with Crippen molar-refractivity contribution in [2.75, 3.05) is 7.05 Å². The van der Waals surface area contributed by atoms with E-state index in [2.05, 4.69) is 12.2 Å². The van der Waals surface area contributed by atoms with Crippen LogP contribution < -0.4 is 10.1 Å². The molecule has 0 aliphatic heterocycles. The molecule has 4 heteroatoms. The van der Waals surface area contributed by atoms with Crippen molar-refractivity contribution in [3.8, 4) is 5.75 Å². The van der Waals surface area contributed by atoms with Crippen molar-refractivity contribution in [1.82, 2.24) is 10.2 Å². The summed E-state index contributed by atoms with van der Waals surface area (Å²) >= 11 is 0. The number of carbonyl (C=O) groups is 1. The van der Waals surface area contributed by atoms with Gasteiger partial charge in [-0.15, -0.1) is 0 Å². The van der Waals surface area contributed by atoms with E-state index in [4.69, 9.17) is 4.74 Å². The molecular weight excluding hydrogens is 312 g/mol. The highest BCUT2D eigenvalue weighted by Crippen LogP contribution is 2.34. The number of nitrogens with one attached hydrogen (secondary N) is 1. The quantitative estimate of drug-likeness (QED) is 0.822. The Bertz CT molecular complexity index is 681. The van der Waals surface area contributed by atoms with Crippen molar-refractivity contribution in [1.29, 1.82) is 0 Å². The van der Waals surface area contributed by atoms with Gasteiger partial charge < -0.3 is 15.0 Å². The number of carbonyl (C=O) groups excluding carboxylic acids is 1. The van der Waals surface area contributed by atoms with E-state index in [0.29, 0.717) is 25.1 Å². The Hall–Kier alpha value is -2.49. The van der Waals surface area contributed by atoms with Crippen LogP contribution in [0.15, 0.2) is 54.6 Å². The van der Waals surface area contributed by atoms with Gasteiger partial charge in [-0.3, -0.25) is 0 Å². The third-order valence-corrected chi connectivity index (χ3v) is 4.85. The lowest BCUT2D eigenvalue weighted by Gasteiger charge is -2.25. The molecular formula is C21H26N2O2. The SMILES string of the molecule is CC(C1CC1)N(C)C(=O)NCc1ccc(OCc2ccccc2)cc1. The van der Waals surface area contributed by atoms with Crippen molar-refractivity contribution in [2.45, 2.75) is 39.0 Å². The zero-order valence-electron chi connectivity index (χ0n) is 14.9. The first-order valence-corrected chi connectivity index (χ1v) is 8.90. The number of rotatable bonds is 7. The second-order valence-corrected chi connectivity index (χ2v) is 6.77. The molecule has 1 fully saturated rings. The maximum Gasteiger partial charge on any atom is 0.317 e. The van der Waals surface area contributed by atoms with Crippen molar-refractivity contribution in [3.05, 3.63) is 65.7 Å². The second kappa shape index (κ2) is 8.06. The van der Waals surface area contributed by atoms with E-state index >= 15 is 0 Å². The minimum Gasteiger partial charge on any atom is -0.489 e. The lowest BCUT2D eigenvalue weighted by molar-refractivity contribution is 0.187. The molecule has 1 aliphatic rings. The molecule has 2 aromatic carbocycles. The number of benzene rings is 2. The Morgan fingerprint density at radius 3 is 2.44 bits per heavy atom. The van der Waals surface area contributed by atoms with Gasteiger partial charge in [-0.1, -0.05) is 42.5 Å². The summed E-state index contributed by atoms with van der Waals surface area (Å²) in [4.78, 5) is 14.0. The highest BCUT2D eigenvalue weighted by Gasteiger charge is 2.32. The molecule has 0 bridgehead atoms. The van der Waals surface area contributed by atoms with E-state index in [1.54, 1.807) is 0 Å². The molecule has 25 heavy (non-hydrogen) atoms. The Morgan fingerprint density at radius 1 is 1.12 bits per heavy atom. The smallest absolute Gasteiger partial charge is 0.317 e. The monoisotopic (exact) mass is 338 g/mol. The first-order valence-electron chi connectivity index (χ1n) is 8.90. The maximum absolute atomic E-state index is 12.2. The molecule has 0 saturated heterocycles. The van der Waals surface area contributed by atoms with Gasteiger partial charge in [-0.2, -0.15) is 0 Å². The van der Waals surface area contributed by atoms with Crippen molar-refractivity contribution >= 4 is 6.03 Å². The fourth-order valence-corrected chi connectivity index (χ4v) is 2.83. The van der Waals surface area contributed by atoms with Crippen LogP contribution in [0.4, 0.5) is 4.79 Å². The lowest BCUT2D eigenvalue weighted by atomic mass is 10.2. The molecule has 1 saturated carbocycles. The van der Waals surface area contributed by atoms with Gasteiger partial charge >= 0.3 is 6.03 Å². The fourth-order valence-electron chi connectivity index (χ4n) is 2.83. The van der Waals surface area contributed by atoms with Crippen LogP contribution in [0.25, 0.3) is 0 Å². The Balaban J connectivity index is 1.45. The predicted molar refractivity (Wildman–Crippen MR) is 99.4 cm³/mol. The molecule has 132 valence electrons. The summed E-state index contributed by atoms with van der Waals surface area (Å²) in [5, 5.41) is 2.99. The summed E-state index contributed by atoms with van der Waals surface area (Å²) in [6.45, 7) is 3.20. The molecule has 2 aromatic rings. The molecule has 3 rings (SSSR count). The van der Waals surface area contributed by atoms with Gasteiger partial charge in [0.15, 0.2) is 0 Å². The van der Waals surface area contributed by atoms with Gasteiger partial charge in [0.05, 0.1) is 0 Å². The van der Waals surface area contributed by atoms with E-state index in [1.165, 1.54) is 12.8 Å². The first kappa shape index (κ1) is 17.3. The summed E-state index contributed by atoms with van der Waals surface area (Å²) in [6, 6.07) is 18.3. The van der Waals surface area contributed by atoms with Gasteiger partial charge in [0.25, 0.3) is 0 Å². The normalized spacial score (nSPS) is 14.6.